The summed E-state index contributed by atoms with van der Waals surface area (Å²) in [7, 11) is 0. The van der Waals surface area contributed by atoms with E-state index in [0.29, 0.717) is 0 Å². The molecule has 0 spiro atoms. The van der Waals surface area contributed by atoms with Gasteiger partial charge in [-0.3, -0.25) is 0 Å². The van der Waals surface area contributed by atoms with Crippen LogP contribution in [0.15, 0.2) is 0 Å². The van der Waals surface area contributed by atoms with Crippen molar-refractivity contribution >= 4 is 6.71 Å². The Morgan fingerprint density at radius 1 is 0.216 bits per heavy atom. The zero-order valence-corrected chi connectivity index (χ0v) is 26.7. The standard InChI is InChI=1S/C50H7B/c1-4-7-10-13-16-19-22-25-28-31-34-37-40-43-46-49-51(48-45-42-39-36-33-30-27-24-21-18-15-12-9-6-3)50-47-44-41-38-35-32-29-26-23-20-17-14-11-8-5-2/h3H,1-2H3. The maximum absolute atomic E-state index is 4.97. The molecular formula is C50H7B. The van der Waals surface area contributed by atoms with Gasteiger partial charge in [-0.05, 0) is 263 Å². The van der Waals surface area contributed by atoms with E-state index in [1.165, 1.54) is 0 Å². The highest BCUT2D eigenvalue weighted by molar-refractivity contribution is 6.82. The van der Waals surface area contributed by atoms with Gasteiger partial charge in [0.1, 0.15) is 0 Å². The summed E-state index contributed by atoms with van der Waals surface area (Å²) >= 11 is 0. The van der Waals surface area contributed by atoms with Crippen LogP contribution in [0.2, 0.25) is 0 Å². The van der Waals surface area contributed by atoms with Crippen molar-refractivity contribution in [3.8, 4) is 284 Å². The monoisotopic (exact) mass is 618 g/mol. The van der Waals surface area contributed by atoms with Crippen LogP contribution in [-0.2, 0) is 0 Å². The molecular weight excluding hydrogens is 611 g/mol. The fraction of sp³-hybridized carbons (Fsp3) is 0.0400. The van der Waals surface area contributed by atoms with E-state index >= 15 is 0 Å². The van der Waals surface area contributed by atoms with Crippen LogP contribution < -0.4 is 0 Å². The minimum atomic E-state index is -0.733. The molecule has 0 saturated carbocycles. The van der Waals surface area contributed by atoms with Gasteiger partial charge in [0.05, 0.1) is 0 Å². The molecule has 210 valence electrons. The van der Waals surface area contributed by atoms with Crippen LogP contribution in [0.5, 0.6) is 0 Å². The second kappa shape index (κ2) is 37.5. The van der Waals surface area contributed by atoms with Gasteiger partial charge in [-0.15, -0.1) is 23.9 Å². The summed E-state index contributed by atoms with van der Waals surface area (Å²) in [6, 6.07) is 0. The largest absolute Gasteiger partial charge is 0.398 e. The molecule has 0 rings (SSSR count). The van der Waals surface area contributed by atoms with Crippen LogP contribution in [0.4, 0.5) is 0 Å². The highest BCUT2D eigenvalue weighted by Gasteiger charge is 2.00. The van der Waals surface area contributed by atoms with Gasteiger partial charge >= 0.3 is 6.71 Å². The first-order valence-corrected chi connectivity index (χ1v) is 13.2. The second-order valence-electron chi connectivity index (χ2n) is 6.64. The van der Waals surface area contributed by atoms with Gasteiger partial charge in [0.15, 0.2) is 0 Å². The van der Waals surface area contributed by atoms with E-state index in [0.717, 1.165) is 0 Å². The van der Waals surface area contributed by atoms with Crippen LogP contribution in [0, 0.1) is 284 Å². The minimum Gasteiger partial charge on any atom is -0.106 e. The summed E-state index contributed by atoms with van der Waals surface area (Å²) in [6.45, 7) is 2.63. The second-order valence-corrected chi connectivity index (χ2v) is 6.64. The molecule has 0 aliphatic carbocycles. The van der Waals surface area contributed by atoms with Gasteiger partial charge in [-0.1, -0.05) is 11.8 Å². The fourth-order valence-electron chi connectivity index (χ4n) is 1.69. The van der Waals surface area contributed by atoms with Crippen molar-refractivity contribution in [3.05, 3.63) is 0 Å². The SMILES string of the molecule is C#CC#CC#CC#CC#CC#CC#CC#CB(C#CC#CC#CC#CC#CC#CC#CC#CC)C#CC#CC#CC#CC#CC#CC#CC#CC. The number of hydrogen-bond acceptors (Lipinski definition) is 0. The molecule has 0 radical (unpaired) electrons. The van der Waals surface area contributed by atoms with Crippen molar-refractivity contribution in [1.82, 2.24) is 0 Å². The van der Waals surface area contributed by atoms with Gasteiger partial charge < -0.3 is 0 Å². The molecule has 0 aromatic heterocycles. The molecule has 0 aliphatic rings. The normalized spacial score (nSPS) is 4.18. The smallest absolute Gasteiger partial charge is 0.106 e. The first kappa shape index (κ1) is 40.5. The Morgan fingerprint density at radius 3 is 0.549 bits per heavy atom. The Kier molecular flexibility index (Phi) is 29.8. The molecule has 0 unspecified atom stereocenters. The molecule has 0 heterocycles. The third-order valence-corrected chi connectivity index (χ3v) is 3.35. The zero-order chi connectivity index (χ0) is 36.8. The van der Waals surface area contributed by atoms with Gasteiger partial charge in [-0.2, -0.15) is 0 Å². The van der Waals surface area contributed by atoms with Crippen molar-refractivity contribution in [3.63, 3.8) is 0 Å². The van der Waals surface area contributed by atoms with E-state index in [2.05, 4.69) is 278 Å². The molecule has 0 N–H and O–H groups in total. The lowest BCUT2D eigenvalue weighted by Gasteiger charge is -1.78. The molecule has 0 saturated heterocycles. The Bertz CT molecular complexity index is 2870. The van der Waals surface area contributed by atoms with Crippen LogP contribution in [0.1, 0.15) is 13.8 Å². The molecule has 0 atom stereocenters. The average Bonchev–Trinajstić information content (AvgIpc) is 3.14. The third kappa shape index (κ3) is 35.6. The summed E-state index contributed by atoms with van der Waals surface area (Å²) in [5, 5.41) is 0. The lowest BCUT2D eigenvalue weighted by molar-refractivity contribution is 1.92. The molecule has 0 aromatic rings. The predicted molar refractivity (Wildman–Crippen MR) is 205 cm³/mol. The topological polar surface area (TPSA) is 0 Å². The van der Waals surface area contributed by atoms with E-state index < -0.39 is 6.71 Å². The van der Waals surface area contributed by atoms with Crippen molar-refractivity contribution in [2.45, 2.75) is 13.8 Å². The van der Waals surface area contributed by atoms with E-state index in [1.807, 2.05) is 0 Å². The lowest BCUT2D eigenvalue weighted by Crippen LogP contribution is -2.03. The summed E-state index contributed by atoms with van der Waals surface area (Å²) in [6.07, 6.45) is 4.97. The quantitative estimate of drug-likeness (QED) is 0.279. The molecule has 0 bridgehead atoms. The highest BCUT2D eigenvalue weighted by atomic mass is 13.6. The van der Waals surface area contributed by atoms with Crippen molar-refractivity contribution < 1.29 is 0 Å². The Balaban J connectivity index is 5.73. The van der Waals surface area contributed by atoms with Crippen molar-refractivity contribution in [1.29, 1.82) is 0 Å². The zero-order valence-electron chi connectivity index (χ0n) is 26.7. The van der Waals surface area contributed by atoms with E-state index in [9.17, 15) is 0 Å². The Morgan fingerprint density at radius 2 is 0.373 bits per heavy atom. The summed E-state index contributed by atoms with van der Waals surface area (Å²) < 4.78 is 0. The molecule has 0 amide bonds. The van der Waals surface area contributed by atoms with Crippen LogP contribution >= 0.6 is 0 Å². The summed E-state index contributed by atoms with van der Waals surface area (Å²) in [5.41, 5.74) is 0. The van der Waals surface area contributed by atoms with E-state index in [1.54, 1.807) is 13.8 Å². The van der Waals surface area contributed by atoms with Gasteiger partial charge in [0.2, 0.25) is 0 Å². The maximum atomic E-state index is 4.97. The Labute approximate surface area is 303 Å². The number of hydrogen-bond donors (Lipinski definition) is 0. The number of rotatable bonds is 0. The molecule has 1 heteroatoms. The highest BCUT2D eigenvalue weighted by Crippen LogP contribution is 1.75. The van der Waals surface area contributed by atoms with Crippen LogP contribution in [0.3, 0.4) is 0 Å². The average molecular weight is 618 g/mol. The lowest BCUT2D eigenvalue weighted by atomic mass is 9.52. The third-order valence-electron chi connectivity index (χ3n) is 3.35. The van der Waals surface area contributed by atoms with Gasteiger partial charge in [-0.25, -0.2) is 0 Å². The minimum absolute atomic E-state index is 0.733. The van der Waals surface area contributed by atoms with Gasteiger partial charge in [0.25, 0.3) is 0 Å². The van der Waals surface area contributed by atoms with Crippen LogP contribution in [0.25, 0.3) is 0 Å². The summed E-state index contributed by atoms with van der Waals surface area (Å²) in [4.78, 5) is 0. The molecule has 0 aromatic carbocycles. The fourth-order valence-corrected chi connectivity index (χ4v) is 1.69. The first-order valence-electron chi connectivity index (χ1n) is 13.2. The maximum Gasteiger partial charge on any atom is 0.398 e. The van der Waals surface area contributed by atoms with Gasteiger partial charge in [0, 0.05) is 0 Å². The first-order chi connectivity index (χ1) is 25.3. The molecule has 0 aliphatic heterocycles. The molecule has 0 nitrogen and oxygen atoms in total. The van der Waals surface area contributed by atoms with E-state index in [-0.39, 0.29) is 0 Å². The van der Waals surface area contributed by atoms with E-state index in [4.69, 9.17) is 6.42 Å². The predicted octanol–water partition coefficient (Wildman–Crippen LogP) is 0.850. The van der Waals surface area contributed by atoms with Crippen molar-refractivity contribution in [2.75, 3.05) is 0 Å². The van der Waals surface area contributed by atoms with Crippen molar-refractivity contribution in [2.24, 2.45) is 0 Å². The van der Waals surface area contributed by atoms with Crippen LogP contribution in [-0.4, -0.2) is 6.71 Å². The molecule has 0 fully saturated rings. The number of terminal acetylenes is 1. The summed E-state index contributed by atoms with van der Waals surface area (Å²) in [5.74, 6) is 119. The Hall–Kier alpha value is -10.5. The molecule has 51 heavy (non-hydrogen) atoms.